The average Bonchev–Trinajstić information content (AvgIpc) is 2.68. The second-order valence-corrected chi connectivity index (χ2v) is 5.77. The summed E-state index contributed by atoms with van der Waals surface area (Å²) in [5, 5.41) is 17.3. The largest absolute Gasteiger partial charge is 0.493 e. The Hall–Kier alpha value is -3.29. The zero-order chi connectivity index (χ0) is 19.6. The SMILES string of the molecule is CN=C(NCc1ccccc1[N+](=O)[O-])NCC(C)Oc1ccccc1OC. The Morgan fingerprint density at radius 1 is 1.15 bits per heavy atom. The molecular formula is C19H24N4O4. The normalized spacial score (nSPS) is 12.2. The highest BCUT2D eigenvalue weighted by Gasteiger charge is 2.13. The number of nitrogens with one attached hydrogen (secondary N) is 2. The highest BCUT2D eigenvalue weighted by Crippen LogP contribution is 2.26. The van der Waals surface area contributed by atoms with Crippen LogP contribution in [0.25, 0.3) is 0 Å². The molecule has 0 aliphatic heterocycles. The maximum absolute atomic E-state index is 11.1. The van der Waals surface area contributed by atoms with Gasteiger partial charge in [-0.25, -0.2) is 0 Å². The molecule has 0 aliphatic carbocycles. The number of para-hydroxylation sites is 3. The summed E-state index contributed by atoms with van der Waals surface area (Å²) in [7, 11) is 3.24. The number of hydrogen-bond acceptors (Lipinski definition) is 5. The van der Waals surface area contributed by atoms with Crippen LogP contribution >= 0.6 is 0 Å². The van der Waals surface area contributed by atoms with E-state index in [0.29, 0.717) is 36.1 Å². The van der Waals surface area contributed by atoms with Gasteiger partial charge in [0.2, 0.25) is 0 Å². The first-order valence-corrected chi connectivity index (χ1v) is 8.51. The molecule has 27 heavy (non-hydrogen) atoms. The fourth-order valence-corrected chi connectivity index (χ4v) is 2.45. The van der Waals surface area contributed by atoms with Gasteiger partial charge < -0.3 is 20.1 Å². The molecule has 0 heterocycles. The highest BCUT2D eigenvalue weighted by molar-refractivity contribution is 5.79. The Balaban J connectivity index is 1.88. The van der Waals surface area contributed by atoms with Crippen molar-refractivity contribution in [3.63, 3.8) is 0 Å². The molecule has 0 spiro atoms. The Labute approximate surface area is 158 Å². The predicted octanol–water partition coefficient (Wildman–Crippen LogP) is 2.74. The van der Waals surface area contributed by atoms with Crippen LogP contribution in [0.2, 0.25) is 0 Å². The summed E-state index contributed by atoms with van der Waals surface area (Å²) in [5.74, 6) is 1.86. The summed E-state index contributed by atoms with van der Waals surface area (Å²) in [4.78, 5) is 14.8. The summed E-state index contributed by atoms with van der Waals surface area (Å²) in [5.41, 5.74) is 0.664. The minimum atomic E-state index is -0.392. The van der Waals surface area contributed by atoms with E-state index >= 15 is 0 Å². The first-order chi connectivity index (χ1) is 13.0. The number of aliphatic imine (C=N–C) groups is 1. The molecule has 0 amide bonds. The van der Waals surface area contributed by atoms with Crippen LogP contribution in [0.4, 0.5) is 5.69 Å². The number of hydrogen-bond donors (Lipinski definition) is 2. The van der Waals surface area contributed by atoms with Gasteiger partial charge in [-0.05, 0) is 19.1 Å². The van der Waals surface area contributed by atoms with Gasteiger partial charge in [-0.15, -0.1) is 0 Å². The van der Waals surface area contributed by atoms with Crippen LogP contribution < -0.4 is 20.1 Å². The van der Waals surface area contributed by atoms with Crippen LogP contribution in [0.1, 0.15) is 12.5 Å². The lowest BCUT2D eigenvalue weighted by atomic mass is 10.2. The lowest BCUT2D eigenvalue weighted by Gasteiger charge is -2.19. The first-order valence-electron chi connectivity index (χ1n) is 8.51. The smallest absolute Gasteiger partial charge is 0.274 e. The van der Waals surface area contributed by atoms with Crippen molar-refractivity contribution in [1.29, 1.82) is 0 Å². The predicted molar refractivity (Wildman–Crippen MR) is 104 cm³/mol. The molecule has 1 unspecified atom stereocenters. The number of guanidine groups is 1. The second-order valence-electron chi connectivity index (χ2n) is 5.77. The molecule has 144 valence electrons. The Morgan fingerprint density at radius 2 is 1.81 bits per heavy atom. The van der Waals surface area contributed by atoms with Crippen molar-refractivity contribution in [2.75, 3.05) is 20.7 Å². The molecular weight excluding hydrogens is 348 g/mol. The van der Waals surface area contributed by atoms with E-state index in [2.05, 4.69) is 15.6 Å². The topological polar surface area (TPSA) is 98.0 Å². The van der Waals surface area contributed by atoms with Gasteiger partial charge in [0.1, 0.15) is 6.10 Å². The molecule has 0 saturated carbocycles. The lowest BCUT2D eigenvalue weighted by Crippen LogP contribution is -2.41. The van der Waals surface area contributed by atoms with E-state index in [1.807, 2.05) is 31.2 Å². The third kappa shape index (κ3) is 5.88. The van der Waals surface area contributed by atoms with Crippen LogP contribution in [0.5, 0.6) is 11.5 Å². The van der Waals surface area contributed by atoms with Crippen molar-refractivity contribution in [3.8, 4) is 11.5 Å². The van der Waals surface area contributed by atoms with Crippen LogP contribution in [0, 0.1) is 10.1 Å². The summed E-state index contributed by atoms with van der Waals surface area (Å²) in [6.07, 6.45) is -0.147. The van der Waals surface area contributed by atoms with Crippen molar-refractivity contribution >= 4 is 11.6 Å². The zero-order valence-corrected chi connectivity index (χ0v) is 15.6. The lowest BCUT2D eigenvalue weighted by molar-refractivity contribution is -0.385. The van der Waals surface area contributed by atoms with E-state index in [9.17, 15) is 10.1 Å². The van der Waals surface area contributed by atoms with Crippen LogP contribution in [0.15, 0.2) is 53.5 Å². The molecule has 8 heteroatoms. The summed E-state index contributed by atoms with van der Waals surface area (Å²) in [6, 6.07) is 14.0. The van der Waals surface area contributed by atoms with Crippen molar-refractivity contribution < 1.29 is 14.4 Å². The third-order valence-corrected chi connectivity index (χ3v) is 3.81. The fourth-order valence-electron chi connectivity index (χ4n) is 2.45. The molecule has 0 radical (unpaired) electrons. The van der Waals surface area contributed by atoms with Crippen molar-refractivity contribution in [1.82, 2.24) is 10.6 Å². The van der Waals surface area contributed by atoms with Gasteiger partial charge in [0.15, 0.2) is 17.5 Å². The van der Waals surface area contributed by atoms with Gasteiger partial charge in [0.05, 0.1) is 18.6 Å². The molecule has 0 bridgehead atoms. The zero-order valence-electron chi connectivity index (χ0n) is 15.6. The molecule has 2 rings (SSSR count). The molecule has 0 aliphatic rings. The Kier molecular flexibility index (Phi) is 7.42. The third-order valence-electron chi connectivity index (χ3n) is 3.81. The number of rotatable bonds is 8. The summed E-state index contributed by atoms with van der Waals surface area (Å²) in [6.45, 7) is 2.71. The number of nitrogens with zero attached hydrogens (tertiary/aromatic N) is 2. The molecule has 0 aromatic heterocycles. The molecule has 2 N–H and O–H groups in total. The number of benzene rings is 2. The molecule has 2 aromatic rings. The van der Waals surface area contributed by atoms with Crippen molar-refractivity contribution in [2.45, 2.75) is 19.6 Å². The van der Waals surface area contributed by atoms with Gasteiger partial charge in [0.25, 0.3) is 5.69 Å². The second kappa shape index (κ2) is 10.0. The van der Waals surface area contributed by atoms with Gasteiger partial charge in [0, 0.05) is 25.2 Å². The van der Waals surface area contributed by atoms with Crippen LogP contribution in [-0.2, 0) is 6.54 Å². The fraction of sp³-hybridized carbons (Fsp3) is 0.316. The molecule has 8 nitrogen and oxygen atoms in total. The number of nitro benzene ring substituents is 1. The Morgan fingerprint density at radius 3 is 2.48 bits per heavy atom. The standard InChI is InChI=1S/C19H24N4O4/c1-14(27-18-11-7-6-10-17(18)26-3)12-21-19(20-2)22-13-15-8-4-5-9-16(15)23(24)25/h4-11,14H,12-13H2,1-3H3,(H2,20,21,22). The summed E-state index contributed by atoms with van der Waals surface area (Å²) >= 11 is 0. The number of methoxy groups -OCH3 is 1. The highest BCUT2D eigenvalue weighted by atomic mass is 16.6. The van der Waals surface area contributed by atoms with E-state index in [0.717, 1.165) is 0 Å². The van der Waals surface area contributed by atoms with E-state index in [1.54, 1.807) is 32.4 Å². The van der Waals surface area contributed by atoms with Gasteiger partial charge in [-0.1, -0.05) is 30.3 Å². The number of nitro groups is 1. The monoisotopic (exact) mass is 372 g/mol. The summed E-state index contributed by atoms with van der Waals surface area (Å²) < 4.78 is 11.2. The van der Waals surface area contributed by atoms with Crippen molar-refractivity contribution in [3.05, 3.63) is 64.2 Å². The molecule has 0 fully saturated rings. The van der Waals surface area contributed by atoms with Crippen LogP contribution in [-0.4, -0.2) is 37.7 Å². The van der Waals surface area contributed by atoms with Gasteiger partial charge >= 0.3 is 0 Å². The number of ether oxygens (including phenoxy) is 2. The molecule has 1 atom stereocenters. The maximum Gasteiger partial charge on any atom is 0.274 e. The van der Waals surface area contributed by atoms with E-state index in [-0.39, 0.29) is 11.8 Å². The van der Waals surface area contributed by atoms with Crippen LogP contribution in [0.3, 0.4) is 0 Å². The minimum Gasteiger partial charge on any atom is -0.493 e. The first kappa shape index (κ1) is 20.0. The van der Waals surface area contributed by atoms with Gasteiger partial charge in [-0.2, -0.15) is 0 Å². The average molecular weight is 372 g/mol. The van der Waals surface area contributed by atoms with Crippen molar-refractivity contribution in [2.24, 2.45) is 4.99 Å². The van der Waals surface area contributed by atoms with E-state index in [1.165, 1.54) is 6.07 Å². The Bertz CT molecular complexity index is 795. The quantitative estimate of drug-likeness (QED) is 0.320. The van der Waals surface area contributed by atoms with E-state index < -0.39 is 4.92 Å². The van der Waals surface area contributed by atoms with Gasteiger partial charge in [-0.3, -0.25) is 15.1 Å². The molecule has 0 saturated heterocycles. The minimum absolute atomic E-state index is 0.0772. The maximum atomic E-state index is 11.1. The molecule has 2 aromatic carbocycles. The van der Waals surface area contributed by atoms with E-state index in [4.69, 9.17) is 9.47 Å².